The van der Waals surface area contributed by atoms with Crippen LogP contribution in [0.25, 0.3) is 0 Å². The quantitative estimate of drug-likeness (QED) is 0.847. The Morgan fingerprint density at radius 3 is 2.77 bits per heavy atom. The maximum atomic E-state index is 10.3. The molecule has 0 aliphatic carbocycles. The van der Waals surface area contributed by atoms with Gasteiger partial charge in [-0.05, 0) is 62.6 Å². The third-order valence-electron chi connectivity index (χ3n) is 1.61. The number of benzene rings is 1. The van der Waals surface area contributed by atoms with Crippen LogP contribution < -0.4 is 0 Å². The highest BCUT2D eigenvalue weighted by molar-refractivity contribution is 14.1. The zero-order valence-electron chi connectivity index (χ0n) is 6.76. The SMILES string of the molecule is O=C(O)CCc1ccc(Br)c(I)c1. The molecular formula is C9H8BrIO2. The fraction of sp³-hybridized carbons (Fsp3) is 0.222. The second-order valence-corrected chi connectivity index (χ2v) is 4.66. The minimum absolute atomic E-state index is 0.192. The zero-order chi connectivity index (χ0) is 9.84. The largest absolute Gasteiger partial charge is 0.481 e. The first-order valence-electron chi connectivity index (χ1n) is 3.75. The standard InChI is InChI=1S/C9H8BrIO2/c10-7-3-1-6(5-8(7)11)2-4-9(12)13/h1,3,5H,2,4H2,(H,12,13). The Balaban J connectivity index is 2.68. The number of carboxylic acids is 1. The van der Waals surface area contributed by atoms with Crippen molar-refractivity contribution in [1.82, 2.24) is 0 Å². The molecule has 0 amide bonds. The summed E-state index contributed by atoms with van der Waals surface area (Å²) >= 11 is 5.60. The van der Waals surface area contributed by atoms with Gasteiger partial charge in [0, 0.05) is 14.5 Å². The lowest BCUT2D eigenvalue weighted by molar-refractivity contribution is -0.136. The molecule has 4 heteroatoms. The Hall–Kier alpha value is -0.100. The van der Waals surface area contributed by atoms with E-state index in [-0.39, 0.29) is 6.42 Å². The number of hydrogen-bond acceptors (Lipinski definition) is 1. The molecule has 13 heavy (non-hydrogen) atoms. The van der Waals surface area contributed by atoms with Crippen LogP contribution in [0, 0.1) is 3.57 Å². The molecular weight excluding hydrogens is 347 g/mol. The molecule has 0 spiro atoms. The van der Waals surface area contributed by atoms with E-state index < -0.39 is 5.97 Å². The summed E-state index contributed by atoms with van der Waals surface area (Å²) in [5, 5.41) is 8.49. The van der Waals surface area contributed by atoms with Crippen molar-refractivity contribution in [3.05, 3.63) is 31.8 Å². The van der Waals surface area contributed by atoms with E-state index in [1.807, 2.05) is 18.2 Å². The van der Waals surface area contributed by atoms with Gasteiger partial charge in [0.25, 0.3) is 0 Å². The van der Waals surface area contributed by atoms with Crippen LogP contribution in [0.5, 0.6) is 0 Å². The van der Waals surface area contributed by atoms with Crippen LogP contribution in [-0.4, -0.2) is 11.1 Å². The van der Waals surface area contributed by atoms with E-state index >= 15 is 0 Å². The molecule has 0 saturated carbocycles. The van der Waals surface area contributed by atoms with E-state index in [1.54, 1.807) is 0 Å². The molecule has 0 bridgehead atoms. The van der Waals surface area contributed by atoms with Crippen LogP contribution in [0.15, 0.2) is 22.7 Å². The smallest absolute Gasteiger partial charge is 0.303 e. The van der Waals surface area contributed by atoms with Crippen LogP contribution in [-0.2, 0) is 11.2 Å². The normalized spacial score (nSPS) is 10.0. The topological polar surface area (TPSA) is 37.3 Å². The minimum atomic E-state index is -0.752. The van der Waals surface area contributed by atoms with E-state index in [1.165, 1.54) is 0 Å². The van der Waals surface area contributed by atoms with Crippen LogP contribution >= 0.6 is 38.5 Å². The molecule has 0 aromatic heterocycles. The van der Waals surface area contributed by atoms with E-state index in [4.69, 9.17) is 5.11 Å². The van der Waals surface area contributed by atoms with Gasteiger partial charge in [-0.25, -0.2) is 0 Å². The van der Waals surface area contributed by atoms with Gasteiger partial charge in [-0.3, -0.25) is 4.79 Å². The van der Waals surface area contributed by atoms with Crippen molar-refractivity contribution in [2.45, 2.75) is 12.8 Å². The highest BCUT2D eigenvalue weighted by Gasteiger charge is 2.01. The van der Waals surface area contributed by atoms with Gasteiger partial charge >= 0.3 is 5.97 Å². The minimum Gasteiger partial charge on any atom is -0.481 e. The number of halogens is 2. The molecule has 1 N–H and O–H groups in total. The lowest BCUT2D eigenvalue weighted by Gasteiger charge is -2.01. The average molecular weight is 355 g/mol. The van der Waals surface area contributed by atoms with E-state index in [0.29, 0.717) is 6.42 Å². The summed E-state index contributed by atoms with van der Waals surface area (Å²) in [7, 11) is 0. The summed E-state index contributed by atoms with van der Waals surface area (Å²) in [4.78, 5) is 10.3. The van der Waals surface area contributed by atoms with Crippen LogP contribution in [0.3, 0.4) is 0 Å². The average Bonchev–Trinajstić information content (AvgIpc) is 2.07. The number of carbonyl (C=O) groups is 1. The maximum absolute atomic E-state index is 10.3. The first kappa shape index (κ1) is 11.0. The highest BCUT2D eigenvalue weighted by Crippen LogP contribution is 2.20. The van der Waals surface area contributed by atoms with Crippen molar-refractivity contribution in [2.75, 3.05) is 0 Å². The molecule has 0 unspecified atom stereocenters. The molecule has 1 rings (SSSR count). The molecule has 0 heterocycles. The Kier molecular flexibility index (Phi) is 4.18. The Labute approximate surface area is 98.6 Å². The zero-order valence-corrected chi connectivity index (χ0v) is 10.5. The molecule has 0 saturated heterocycles. The van der Waals surface area contributed by atoms with Crippen molar-refractivity contribution >= 4 is 44.5 Å². The van der Waals surface area contributed by atoms with Gasteiger partial charge in [-0.1, -0.05) is 6.07 Å². The second-order valence-electron chi connectivity index (χ2n) is 2.64. The lowest BCUT2D eigenvalue weighted by Crippen LogP contribution is -1.97. The van der Waals surface area contributed by atoms with Crippen molar-refractivity contribution in [2.24, 2.45) is 0 Å². The van der Waals surface area contributed by atoms with Gasteiger partial charge in [-0.15, -0.1) is 0 Å². The fourth-order valence-corrected chi connectivity index (χ4v) is 1.77. The van der Waals surface area contributed by atoms with Gasteiger partial charge in [0.2, 0.25) is 0 Å². The van der Waals surface area contributed by atoms with E-state index in [9.17, 15) is 4.79 Å². The molecule has 1 aromatic rings. The predicted octanol–water partition coefficient (Wildman–Crippen LogP) is 3.07. The van der Waals surface area contributed by atoms with Gasteiger partial charge in [0.05, 0.1) is 0 Å². The fourth-order valence-electron chi connectivity index (χ4n) is 0.946. The molecule has 70 valence electrons. The molecule has 2 nitrogen and oxygen atoms in total. The van der Waals surface area contributed by atoms with Crippen LogP contribution in [0.1, 0.15) is 12.0 Å². The molecule has 0 aliphatic rings. The summed E-state index contributed by atoms with van der Waals surface area (Å²) in [5.74, 6) is -0.752. The first-order chi connectivity index (χ1) is 6.09. The Bertz CT molecular complexity index is 325. The third-order valence-corrected chi connectivity index (χ3v) is 3.94. The van der Waals surface area contributed by atoms with Crippen molar-refractivity contribution < 1.29 is 9.90 Å². The monoisotopic (exact) mass is 354 g/mol. The number of rotatable bonds is 3. The van der Waals surface area contributed by atoms with Crippen molar-refractivity contribution in [3.63, 3.8) is 0 Å². The van der Waals surface area contributed by atoms with Gasteiger partial charge < -0.3 is 5.11 Å². The van der Waals surface area contributed by atoms with Crippen molar-refractivity contribution in [1.29, 1.82) is 0 Å². The Morgan fingerprint density at radius 2 is 2.23 bits per heavy atom. The number of carboxylic acid groups (broad SMARTS) is 1. The highest BCUT2D eigenvalue weighted by atomic mass is 127. The summed E-state index contributed by atoms with van der Waals surface area (Å²) < 4.78 is 2.16. The Morgan fingerprint density at radius 1 is 1.54 bits per heavy atom. The molecule has 0 fully saturated rings. The summed E-state index contributed by atoms with van der Waals surface area (Å²) in [6, 6.07) is 5.88. The molecule has 1 aromatic carbocycles. The number of aryl methyl sites for hydroxylation is 1. The second kappa shape index (κ2) is 4.95. The number of hydrogen-bond donors (Lipinski definition) is 1. The summed E-state index contributed by atoms with van der Waals surface area (Å²) in [5.41, 5.74) is 1.06. The van der Waals surface area contributed by atoms with E-state index in [0.717, 1.165) is 13.6 Å². The summed E-state index contributed by atoms with van der Waals surface area (Å²) in [6.45, 7) is 0. The molecule has 0 atom stereocenters. The predicted molar refractivity (Wildman–Crippen MR) is 62.8 cm³/mol. The first-order valence-corrected chi connectivity index (χ1v) is 5.62. The maximum Gasteiger partial charge on any atom is 0.303 e. The third kappa shape index (κ3) is 3.64. The van der Waals surface area contributed by atoms with E-state index in [2.05, 4.69) is 38.5 Å². The summed E-state index contributed by atoms with van der Waals surface area (Å²) in [6.07, 6.45) is 0.788. The van der Waals surface area contributed by atoms with Crippen LogP contribution in [0.4, 0.5) is 0 Å². The van der Waals surface area contributed by atoms with Crippen molar-refractivity contribution in [3.8, 4) is 0 Å². The van der Waals surface area contributed by atoms with Crippen LogP contribution in [0.2, 0.25) is 0 Å². The van der Waals surface area contributed by atoms with Gasteiger partial charge in [0.1, 0.15) is 0 Å². The lowest BCUT2D eigenvalue weighted by atomic mass is 10.1. The van der Waals surface area contributed by atoms with Gasteiger partial charge in [-0.2, -0.15) is 0 Å². The molecule has 0 radical (unpaired) electrons. The van der Waals surface area contributed by atoms with Gasteiger partial charge in [0.15, 0.2) is 0 Å². The molecule has 0 aliphatic heterocycles. The number of aliphatic carboxylic acids is 1.